The number of carbonyl (C=O) groups is 2. The Bertz CT molecular complexity index is 1610. The summed E-state index contributed by atoms with van der Waals surface area (Å²) in [4.78, 5) is 42.6. The molecule has 2 fully saturated rings. The fourth-order valence-corrected chi connectivity index (χ4v) is 5.78. The van der Waals surface area contributed by atoms with E-state index in [2.05, 4.69) is 16.4 Å². The number of nitriles is 1. The third kappa shape index (κ3) is 4.80. The quantitative estimate of drug-likeness (QED) is 0.375. The van der Waals surface area contributed by atoms with Crippen molar-refractivity contribution in [3.8, 4) is 6.07 Å². The van der Waals surface area contributed by atoms with E-state index < -0.39 is 58.2 Å². The molecule has 0 spiro atoms. The minimum absolute atomic E-state index is 0.00351. The van der Waals surface area contributed by atoms with Crippen molar-refractivity contribution in [2.75, 3.05) is 0 Å². The number of hydrogen-bond donors (Lipinski definition) is 2. The van der Waals surface area contributed by atoms with E-state index in [1.165, 1.54) is 17.0 Å². The summed E-state index contributed by atoms with van der Waals surface area (Å²) in [5, 5.41) is 12.8. The van der Waals surface area contributed by atoms with Crippen LogP contribution in [0.5, 0.6) is 0 Å². The summed E-state index contributed by atoms with van der Waals surface area (Å²) < 4.78 is 47.3. The molecule has 2 bridgehead atoms. The molecule has 4 atom stereocenters. The van der Waals surface area contributed by atoms with Crippen LogP contribution < -0.4 is 10.9 Å². The lowest BCUT2D eigenvalue weighted by Crippen LogP contribution is -2.55. The van der Waals surface area contributed by atoms with Crippen LogP contribution in [-0.2, 0) is 16.0 Å². The van der Waals surface area contributed by atoms with Crippen molar-refractivity contribution in [3.63, 3.8) is 0 Å². The average Bonchev–Trinajstić information content (AvgIpc) is 3.49. The molecule has 1 aliphatic heterocycles. The number of piperidine rings is 1. The van der Waals surface area contributed by atoms with E-state index in [0.29, 0.717) is 12.0 Å². The maximum atomic E-state index is 14.2. The molecule has 0 radical (unpaired) electrons. The summed E-state index contributed by atoms with van der Waals surface area (Å²) in [6.45, 7) is 5.26. The topological polar surface area (TPSA) is 115 Å². The minimum atomic E-state index is -1.68. The average molecular weight is 541 g/mol. The van der Waals surface area contributed by atoms with Crippen LogP contribution in [-0.4, -0.2) is 45.6 Å². The lowest BCUT2D eigenvalue weighted by Gasteiger charge is -2.35. The molecule has 1 saturated carbocycles. The van der Waals surface area contributed by atoms with Crippen LogP contribution in [0.25, 0.3) is 21.7 Å². The molecule has 5 rings (SSSR count). The zero-order valence-corrected chi connectivity index (χ0v) is 21.6. The van der Waals surface area contributed by atoms with Gasteiger partial charge < -0.3 is 15.0 Å². The van der Waals surface area contributed by atoms with Gasteiger partial charge in [-0.05, 0) is 69.0 Å². The third-order valence-electron chi connectivity index (χ3n) is 7.39. The van der Waals surface area contributed by atoms with Gasteiger partial charge in [0.15, 0.2) is 17.5 Å². The van der Waals surface area contributed by atoms with E-state index in [4.69, 9.17) is 4.74 Å². The van der Waals surface area contributed by atoms with Crippen LogP contribution >= 0.6 is 0 Å². The number of halogens is 3. The largest absolute Gasteiger partial charge is 0.444 e. The monoisotopic (exact) mass is 540 g/mol. The predicted molar refractivity (Wildman–Crippen MR) is 136 cm³/mol. The van der Waals surface area contributed by atoms with Crippen LogP contribution in [0.15, 0.2) is 29.1 Å². The highest BCUT2D eigenvalue weighted by Gasteiger charge is 2.52. The standard InChI is InChI=1S/C28H27F3N4O4/c1-28(2,3)39-27(38)35-16-6-5-14(10-16)24(35)26(37)33-15(12-32)8-13-4-7-17-18-11-20(29)21(30)22(31)23(18)34-25(36)19(17)9-13/h4,7,9,11,14-16,24H,5-6,8,10H2,1-3H3,(H,33,37)(H,34,36). The van der Waals surface area contributed by atoms with Crippen LogP contribution in [0.2, 0.25) is 0 Å². The number of aromatic nitrogens is 1. The highest BCUT2D eigenvalue weighted by molar-refractivity contribution is 6.05. The molecular weight excluding hydrogens is 513 g/mol. The van der Waals surface area contributed by atoms with Gasteiger partial charge in [-0.3, -0.25) is 14.5 Å². The fraction of sp³-hybridized carbons (Fsp3) is 0.429. The first-order chi connectivity index (χ1) is 18.4. The molecule has 1 saturated heterocycles. The number of benzene rings is 2. The van der Waals surface area contributed by atoms with Gasteiger partial charge in [-0.25, -0.2) is 18.0 Å². The van der Waals surface area contributed by atoms with E-state index in [1.54, 1.807) is 26.8 Å². The van der Waals surface area contributed by atoms with Gasteiger partial charge >= 0.3 is 6.09 Å². The fourth-order valence-electron chi connectivity index (χ4n) is 5.78. The smallest absolute Gasteiger partial charge is 0.411 e. The van der Waals surface area contributed by atoms with Crippen molar-refractivity contribution in [2.45, 2.75) is 70.2 Å². The number of nitrogens with zero attached hydrogens (tertiary/aromatic N) is 2. The lowest BCUT2D eigenvalue weighted by molar-refractivity contribution is -0.128. The predicted octanol–water partition coefficient (Wildman–Crippen LogP) is 4.44. The summed E-state index contributed by atoms with van der Waals surface area (Å²) in [7, 11) is 0. The Labute approximate surface area is 221 Å². The number of H-pyrrole nitrogens is 1. The molecule has 2 N–H and O–H groups in total. The van der Waals surface area contributed by atoms with E-state index >= 15 is 0 Å². The Balaban J connectivity index is 1.38. The number of aromatic amines is 1. The van der Waals surface area contributed by atoms with Gasteiger partial charge in [0.2, 0.25) is 5.91 Å². The minimum Gasteiger partial charge on any atom is -0.444 e. The van der Waals surface area contributed by atoms with Gasteiger partial charge in [0.25, 0.3) is 5.56 Å². The number of pyridine rings is 1. The number of likely N-dealkylation sites (tertiary alicyclic amines) is 1. The first-order valence-electron chi connectivity index (χ1n) is 12.7. The Morgan fingerprint density at radius 1 is 1.15 bits per heavy atom. The highest BCUT2D eigenvalue weighted by Crippen LogP contribution is 2.43. The van der Waals surface area contributed by atoms with Crippen molar-refractivity contribution < 1.29 is 27.5 Å². The van der Waals surface area contributed by atoms with E-state index in [1.807, 2.05) is 0 Å². The Kier molecular flexibility index (Phi) is 6.53. The summed E-state index contributed by atoms with van der Waals surface area (Å²) >= 11 is 0. The van der Waals surface area contributed by atoms with Crippen LogP contribution in [0.1, 0.15) is 45.6 Å². The molecule has 2 aliphatic rings. The summed E-state index contributed by atoms with van der Waals surface area (Å²) in [5.41, 5.74) is -1.36. The Morgan fingerprint density at radius 2 is 1.90 bits per heavy atom. The van der Waals surface area contributed by atoms with Gasteiger partial charge in [0.1, 0.15) is 17.7 Å². The molecule has 2 amide bonds. The molecular formula is C28H27F3N4O4. The van der Waals surface area contributed by atoms with Gasteiger partial charge in [-0.2, -0.15) is 5.26 Å². The summed E-state index contributed by atoms with van der Waals surface area (Å²) in [6.07, 6.45) is 1.76. The van der Waals surface area contributed by atoms with Crippen molar-refractivity contribution >= 4 is 33.7 Å². The van der Waals surface area contributed by atoms with Crippen molar-refractivity contribution in [1.29, 1.82) is 5.26 Å². The molecule has 3 aromatic rings. The molecule has 11 heteroatoms. The Hall–Kier alpha value is -4.07. The SMILES string of the molecule is CC(C)(C)OC(=O)N1C2CCC(C2)C1C(=O)NC(C#N)Cc1ccc2c(c1)c(=O)[nH]c1c(F)c(F)c(F)cc12. The van der Waals surface area contributed by atoms with E-state index in [-0.39, 0.29) is 34.5 Å². The second kappa shape index (κ2) is 9.59. The first-order valence-corrected chi connectivity index (χ1v) is 12.7. The number of hydrogen-bond acceptors (Lipinski definition) is 5. The van der Waals surface area contributed by atoms with Crippen LogP contribution in [0.4, 0.5) is 18.0 Å². The highest BCUT2D eigenvalue weighted by atomic mass is 19.2. The van der Waals surface area contributed by atoms with Crippen molar-refractivity contribution in [1.82, 2.24) is 15.2 Å². The van der Waals surface area contributed by atoms with Gasteiger partial charge in [0, 0.05) is 23.2 Å². The third-order valence-corrected chi connectivity index (χ3v) is 7.39. The van der Waals surface area contributed by atoms with Gasteiger partial charge in [0.05, 0.1) is 11.6 Å². The lowest BCUT2D eigenvalue weighted by atomic mass is 9.97. The van der Waals surface area contributed by atoms with Crippen LogP contribution in [0, 0.1) is 34.7 Å². The van der Waals surface area contributed by atoms with Crippen LogP contribution in [0.3, 0.4) is 0 Å². The number of fused-ring (bicyclic) bond motifs is 5. The first kappa shape index (κ1) is 26.5. The molecule has 2 heterocycles. The number of nitrogens with one attached hydrogen (secondary N) is 2. The molecule has 8 nitrogen and oxygen atoms in total. The summed E-state index contributed by atoms with van der Waals surface area (Å²) in [6, 6.07) is 5.56. The maximum Gasteiger partial charge on any atom is 0.411 e. The molecule has 204 valence electrons. The zero-order valence-electron chi connectivity index (χ0n) is 21.6. The second-order valence-electron chi connectivity index (χ2n) is 11.2. The van der Waals surface area contributed by atoms with Crippen molar-refractivity contribution in [3.05, 3.63) is 57.6 Å². The number of amides is 2. The number of rotatable bonds is 4. The van der Waals surface area contributed by atoms with Gasteiger partial charge in [-0.1, -0.05) is 12.1 Å². The molecule has 2 aromatic carbocycles. The maximum absolute atomic E-state index is 14.2. The number of ether oxygens (including phenoxy) is 1. The summed E-state index contributed by atoms with van der Waals surface area (Å²) in [5.74, 6) is -5.02. The second-order valence-corrected chi connectivity index (χ2v) is 11.2. The van der Waals surface area contributed by atoms with E-state index in [9.17, 15) is 32.8 Å². The normalized spacial score (nSPS) is 21.3. The van der Waals surface area contributed by atoms with E-state index in [0.717, 1.165) is 18.9 Å². The molecule has 4 unspecified atom stereocenters. The van der Waals surface area contributed by atoms with Crippen molar-refractivity contribution in [2.24, 2.45) is 5.92 Å². The Morgan fingerprint density at radius 3 is 2.59 bits per heavy atom. The molecule has 39 heavy (non-hydrogen) atoms. The number of carbonyl (C=O) groups excluding carboxylic acids is 2. The zero-order chi connectivity index (χ0) is 28.2. The molecule has 1 aromatic heterocycles. The molecule has 1 aliphatic carbocycles. The van der Waals surface area contributed by atoms with Gasteiger partial charge in [-0.15, -0.1) is 0 Å².